The minimum Gasteiger partial charge on any atom is -0.492 e. The maximum atomic E-state index is 13.5. The van der Waals surface area contributed by atoms with Crippen LogP contribution < -0.4 is 20.1 Å². The van der Waals surface area contributed by atoms with Crippen LogP contribution in [0.3, 0.4) is 0 Å². The molecule has 3 aromatic rings. The first kappa shape index (κ1) is 33.6. The molecule has 0 aliphatic rings. The Morgan fingerprint density at radius 1 is 1.00 bits per heavy atom. The summed E-state index contributed by atoms with van der Waals surface area (Å²) in [6, 6.07) is 8.66. The van der Waals surface area contributed by atoms with Gasteiger partial charge in [-0.3, -0.25) is 14.3 Å². The van der Waals surface area contributed by atoms with Crippen LogP contribution in [0.25, 0.3) is 5.69 Å². The highest BCUT2D eigenvalue weighted by Crippen LogP contribution is 2.39. The Morgan fingerprint density at radius 2 is 1.65 bits per heavy atom. The normalized spacial score (nSPS) is 12.3. The van der Waals surface area contributed by atoms with E-state index in [1.165, 1.54) is 13.3 Å². The third-order valence-electron chi connectivity index (χ3n) is 6.74. The van der Waals surface area contributed by atoms with Gasteiger partial charge in [0.25, 0.3) is 11.8 Å². The Morgan fingerprint density at radius 3 is 2.23 bits per heavy atom. The number of methoxy groups -OCH3 is 1. The smallest absolute Gasteiger partial charge is 0.255 e. The molecule has 0 aliphatic carbocycles. The van der Waals surface area contributed by atoms with Gasteiger partial charge in [-0.25, -0.2) is 13.1 Å². The highest BCUT2D eigenvalue weighted by atomic mass is 32.2. The summed E-state index contributed by atoms with van der Waals surface area (Å²) >= 11 is 0. The number of ether oxygens (including phenoxy) is 1. The van der Waals surface area contributed by atoms with Gasteiger partial charge in [0.15, 0.2) is 5.75 Å². The van der Waals surface area contributed by atoms with Gasteiger partial charge < -0.3 is 20.3 Å². The lowest BCUT2D eigenvalue weighted by Crippen LogP contribution is -2.39. The molecular weight excluding hydrogens is 568 g/mol. The molecule has 0 atom stereocenters. The topological polar surface area (TPSA) is 135 Å². The number of amides is 2. The molecule has 2 amide bonds. The lowest BCUT2D eigenvalue weighted by Gasteiger charge is -2.28. The van der Waals surface area contributed by atoms with E-state index in [9.17, 15) is 18.0 Å². The fourth-order valence-corrected chi connectivity index (χ4v) is 5.30. The van der Waals surface area contributed by atoms with Crippen LogP contribution in [0, 0.1) is 12.3 Å². The number of benzene rings is 2. The second-order valence-electron chi connectivity index (χ2n) is 12.9. The van der Waals surface area contributed by atoms with Crippen molar-refractivity contribution in [1.29, 1.82) is 0 Å². The summed E-state index contributed by atoms with van der Waals surface area (Å²) in [6.45, 7) is 13.4. The first-order valence-corrected chi connectivity index (χ1v) is 15.8. The zero-order valence-corrected chi connectivity index (χ0v) is 27.6. The number of hydrogen-bond acceptors (Lipinski definition) is 7. The molecule has 0 fully saturated rings. The Hall–Kier alpha value is -3.90. The average molecular weight is 613 g/mol. The number of carbonyl (C=O) groups excluding carboxylic acids is 2. The van der Waals surface area contributed by atoms with Crippen molar-refractivity contribution in [2.24, 2.45) is 5.41 Å². The first-order valence-electron chi connectivity index (χ1n) is 13.9. The van der Waals surface area contributed by atoms with Crippen molar-refractivity contribution < 1.29 is 22.7 Å². The van der Waals surface area contributed by atoms with Crippen LogP contribution in [-0.4, -0.2) is 75.5 Å². The maximum Gasteiger partial charge on any atom is 0.255 e. The number of anilines is 2. The number of aromatic nitrogens is 2. The van der Waals surface area contributed by atoms with E-state index in [1.54, 1.807) is 41.2 Å². The van der Waals surface area contributed by atoms with Gasteiger partial charge in [0.05, 0.1) is 42.2 Å². The minimum absolute atomic E-state index is 0.107. The summed E-state index contributed by atoms with van der Waals surface area (Å²) in [5, 5.41) is 10.3. The number of carbonyl (C=O) groups is 2. The predicted octanol–water partition coefficient (Wildman–Crippen LogP) is 4.43. The summed E-state index contributed by atoms with van der Waals surface area (Å²) in [5.41, 5.74) is 3.13. The molecular formula is C31H44N6O5S. The molecule has 0 bridgehead atoms. The molecule has 0 spiro atoms. The van der Waals surface area contributed by atoms with Crippen molar-refractivity contribution in [3.63, 3.8) is 0 Å². The molecule has 2 aromatic carbocycles. The quantitative estimate of drug-likeness (QED) is 0.292. The Kier molecular flexibility index (Phi) is 9.97. The van der Waals surface area contributed by atoms with Crippen LogP contribution in [0.5, 0.6) is 5.75 Å². The van der Waals surface area contributed by atoms with E-state index >= 15 is 0 Å². The molecule has 0 saturated heterocycles. The van der Waals surface area contributed by atoms with E-state index in [2.05, 4.69) is 39.2 Å². The number of hydrogen-bond donors (Lipinski definition) is 3. The fourth-order valence-electron chi connectivity index (χ4n) is 4.75. The molecule has 234 valence electrons. The lowest BCUT2D eigenvalue weighted by atomic mass is 9.86. The number of rotatable bonds is 11. The van der Waals surface area contributed by atoms with Crippen molar-refractivity contribution >= 4 is 33.2 Å². The Labute approximate surface area is 255 Å². The second-order valence-corrected chi connectivity index (χ2v) is 14.7. The third kappa shape index (κ3) is 9.04. The molecule has 0 radical (unpaired) electrons. The number of sulfonamides is 1. The van der Waals surface area contributed by atoms with E-state index in [4.69, 9.17) is 4.74 Å². The van der Waals surface area contributed by atoms with Gasteiger partial charge in [0.2, 0.25) is 10.0 Å². The molecule has 3 N–H and O–H groups in total. The summed E-state index contributed by atoms with van der Waals surface area (Å²) < 4.78 is 33.7. The van der Waals surface area contributed by atoms with Crippen molar-refractivity contribution in [2.45, 2.75) is 47.0 Å². The van der Waals surface area contributed by atoms with Crippen LogP contribution in [-0.2, 0) is 15.4 Å². The molecule has 43 heavy (non-hydrogen) atoms. The third-order valence-corrected chi connectivity index (χ3v) is 7.33. The average Bonchev–Trinajstić information content (AvgIpc) is 3.35. The van der Waals surface area contributed by atoms with Crippen LogP contribution in [0.4, 0.5) is 11.4 Å². The van der Waals surface area contributed by atoms with E-state index in [1.807, 2.05) is 41.8 Å². The summed E-state index contributed by atoms with van der Waals surface area (Å²) in [6.07, 6.45) is 4.19. The molecule has 11 nitrogen and oxygen atoms in total. The highest BCUT2D eigenvalue weighted by molar-refractivity contribution is 7.92. The number of nitrogens with one attached hydrogen (secondary N) is 3. The maximum absolute atomic E-state index is 13.5. The van der Waals surface area contributed by atoms with Crippen molar-refractivity contribution in [2.75, 3.05) is 50.6 Å². The van der Waals surface area contributed by atoms with Gasteiger partial charge in [0.1, 0.15) is 0 Å². The monoisotopic (exact) mass is 612 g/mol. The van der Waals surface area contributed by atoms with Gasteiger partial charge in [0, 0.05) is 24.8 Å². The summed E-state index contributed by atoms with van der Waals surface area (Å²) in [4.78, 5) is 28.4. The lowest BCUT2D eigenvalue weighted by molar-refractivity contribution is 0.0928. The highest BCUT2D eigenvalue weighted by Gasteiger charge is 2.24. The van der Waals surface area contributed by atoms with E-state index in [0.29, 0.717) is 29.0 Å². The molecule has 12 heteroatoms. The Balaban J connectivity index is 1.90. The molecule has 3 rings (SSSR count). The number of nitrogens with zero attached hydrogens (tertiary/aromatic N) is 3. The zero-order valence-electron chi connectivity index (χ0n) is 26.7. The first-order chi connectivity index (χ1) is 19.8. The van der Waals surface area contributed by atoms with E-state index in [-0.39, 0.29) is 28.2 Å². The number of aryl methyl sites for hydroxylation is 1. The fraction of sp³-hybridized carbons (Fsp3) is 0.452. The van der Waals surface area contributed by atoms with E-state index in [0.717, 1.165) is 23.9 Å². The molecule has 0 unspecified atom stereocenters. The van der Waals surface area contributed by atoms with Crippen LogP contribution in [0.15, 0.2) is 42.7 Å². The van der Waals surface area contributed by atoms with Gasteiger partial charge >= 0.3 is 0 Å². The van der Waals surface area contributed by atoms with Gasteiger partial charge in [-0.15, -0.1) is 0 Å². The second kappa shape index (κ2) is 12.8. The predicted molar refractivity (Wildman–Crippen MR) is 171 cm³/mol. The van der Waals surface area contributed by atoms with Crippen LogP contribution in [0.1, 0.15) is 66.5 Å². The van der Waals surface area contributed by atoms with Crippen molar-refractivity contribution in [3.8, 4) is 11.4 Å². The Bertz CT molecular complexity index is 1600. The van der Waals surface area contributed by atoms with E-state index < -0.39 is 15.9 Å². The van der Waals surface area contributed by atoms with Gasteiger partial charge in [-0.05, 0) is 67.2 Å². The SMILES string of the molecule is COc1c(NC(=O)c2ccc(C)c(-n3cc(C(=O)NCC(C)(C)CN(C)C)cn3)c2)cc(C(C)(C)C)cc1NS(C)(=O)=O. The zero-order chi connectivity index (χ0) is 32.3. The van der Waals surface area contributed by atoms with Crippen LogP contribution >= 0.6 is 0 Å². The van der Waals surface area contributed by atoms with Crippen LogP contribution in [0.2, 0.25) is 0 Å². The van der Waals surface area contributed by atoms with Gasteiger partial charge in [-0.2, -0.15) is 5.10 Å². The van der Waals surface area contributed by atoms with Gasteiger partial charge in [-0.1, -0.05) is 40.7 Å². The summed E-state index contributed by atoms with van der Waals surface area (Å²) in [5.74, 6) is -0.464. The molecule has 0 saturated carbocycles. The molecule has 1 aromatic heterocycles. The molecule has 1 heterocycles. The standard InChI is InChI=1S/C31H44N6O5S/c1-20-11-12-21(13-26(20)37-17-22(16-33-37)28(38)32-18-31(5,6)19-36(7)8)29(39)34-24-14-23(30(2,3)4)15-25(27(24)42-9)35-43(10,40)41/h11-17,35H,18-19H2,1-10H3,(H,32,38)(H,34,39). The minimum atomic E-state index is -3.61. The largest absolute Gasteiger partial charge is 0.492 e. The molecule has 0 aliphatic heterocycles. The van der Waals surface area contributed by atoms with Crippen molar-refractivity contribution in [1.82, 2.24) is 20.0 Å². The van der Waals surface area contributed by atoms with Crippen molar-refractivity contribution in [3.05, 3.63) is 65.0 Å². The summed E-state index contributed by atoms with van der Waals surface area (Å²) in [7, 11) is 1.79.